The van der Waals surface area contributed by atoms with Gasteiger partial charge in [-0.1, -0.05) is 30.3 Å². The van der Waals surface area contributed by atoms with E-state index in [1.54, 1.807) is 37.3 Å². The van der Waals surface area contributed by atoms with Crippen molar-refractivity contribution in [3.8, 4) is 5.75 Å². The molecule has 0 aliphatic heterocycles. The van der Waals surface area contributed by atoms with Gasteiger partial charge in [-0.05, 0) is 37.6 Å². The van der Waals surface area contributed by atoms with E-state index in [4.69, 9.17) is 4.74 Å². The highest BCUT2D eigenvalue weighted by Gasteiger charge is 2.26. The quantitative estimate of drug-likeness (QED) is 0.801. The van der Waals surface area contributed by atoms with Crippen LogP contribution >= 0.6 is 0 Å². The Kier molecular flexibility index (Phi) is 5.58. The molecule has 2 rings (SSSR count). The smallest absolute Gasteiger partial charge is 0.240 e. The standard InChI is InChI=1S/C17H20FNO4S/c1-3-23-16-10-9-14(11-15(16)18)24(21,22)19-12-17(2,20)13-7-5-4-6-8-13/h4-11,19-20H,3,12H2,1-2H3/t17-/m0/s1. The Morgan fingerprint density at radius 2 is 1.88 bits per heavy atom. The summed E-state index contributed by atoms with van der Waals surface area (Å²) < 4.78 is 45.8. The molecule has 0 spiro atoms. The first-order chi connectivity index (χ1) is 11.3. The average Bonchev–Trinajstić information content (AvgIpc) is 2.56. The summed E-state index contributed by atoms with van der Waals surface area (Å²) >= 11 is 0. The number of ether oxygens (including phenoxy) is 1. The summed E-state index contributed by atoms with van der Waals surface area (Å²) in [5.41, 5.74) is -0.816. The minimum atomic E-state index is -3.96. The molecular weight excluding hydrogens is 333 g/mol. The monoisotopic (exact) mass is 353 g/mol. The van der Waals surface area contributed by atoms with Crippen molar-refractivity contribution in [2.75, 3.05) is 13.2 Å². The van der Waals surface area contributed by atoms with Crippen LogP contribution in [0.5, 0.6) is 5.75 Å². The normalized spacial score (nSPS) is 14.2. The first-order valence-corrected chi connectivity index (χ1v) is 8.94. The Labute approximate surface area is 141 Å². The molecule has 0 radical (unpaired) electrons. The maximum Gasteiger partial charge on any atom is 0.240 e. The summed E-state index contributed by atoms with van der Waals surface area (Å²) in [7, 11) is -3.96. The fourth-order valence-corrected chi connectivity index (χ4v) is 3.28. The third-order valence-corrected chi connectivity index (χ3v) is 4.91. The van der Waals surface area contributed by atoms with Gasteiger partial charge in [-0.25, -0.2) is 17.5 Å². The van der Waals surface area contributed by atoms with Gasteiger partial charge in [0, 0.05) is 6.54 Å². The van der Waals surface area contributed by atoms with Gasteiger partial charge in [0.1, 0.15) is 5.60 Å². The molecule has 0 bridgehead atoms. The molecule has 0 amide bonds. The van der Waals surface area contributed by atoms with Crippen molar-refractivity contribution >= 4 is 10.0 Å². The van der Waals surface area contributed by atoms with E-state index in [9.17, 15) is 17.9 Å². The van der Waals surface area contributed by atoms with Crippen LogP contribution in [0.25, 0.3) is 0 Å². The number of hydrogen-bond donors (Lipinski definition) is 2. The lowest BCUT2D eigenvalue weighted by Crippen LogP contribution is -2.38. The molecule has 0 saturated heterocycles. The number of hydrogen-bond acceptors (Lipinski definition) is 4. The first kappa shape index (κ1) is 18.4. The van der Waals surface area contributed by atoms with Gasteiger partial charge in [-0.3, -0.25) is 0 Å². The molecule has 2 N–H and O–H groups in total. The van der Waals surface area contributed by atoms with Crippen LogP contribution in [0.15, 0.2) is 53.4 Å². The lowest BCUT2D eigenvalue weighted by atomic mass is 9.97. The second-order valence-electron chi connectivity index (χ2n) is 5.49. The van der Waals surface area contributed by atoms with Crippen molar-refractivity contribution in [3.05, 3.63) is 59.9 Å². The zero-order chi connectivity index (χ0) is 17.8. The van der Waals surface area contributed by atoms with Crippen LogP contribution in [0.1, 0.15) is 19.4 Å². The molecule has 2 aromatic rings. The molecule has 2 aromatic carbocycles. The number of halogens is 1. The summed E-state index contributed by atoms with van der Waals surface area (Å²) in [6.07, 6.45) is 0. The largest absolute Gasteiger partial charge is 0.491 e. The van der Waals surface area contributed by atoms with E-state index in [-0.39, 0.29) is 23.8 Å². The third kappa shape index (κ3) is 4.31. The van der Waals surface area contributed by atoms with Crippen molar-refractivity contribution in [2.45, 2.75) is 24.3 Å². The van der Waals surface area contributed by atoms with E-state index < -0.39 is 21.4 Å². The highest BCUT2D eigenvalue weighted by atomic mass is 32.2. The maximum absolute atomic E-state index is 13.8. The molecule has 0 aromatic heterocycles. The first-order valence-electron chi connectivity index (χ1n) is 7.46. The molecule has 0 heterocycles. The molecule has 0 aliphatic rings. The topological polar surface area (TPSA) is 75.6 Å². The van der Waals surface area contributed by atoms with E-state index in [1.807, 2.05) is 0 Å². The van der Waals surface area contributed by atoms with Gasteiger partial charge in [-0.15, -0.1) is 0 Å². The molecule has 1 atom stereocenters. The second kappa shape index (κ2) is 7.29. The highest BCUT2D eigenvalue weighted by molar-refractivity contribution is 7.89. The lowest BCUT2D eigenvalue weighted by molar-refractivity contribution is 0.0627. The molecule has 24 heavy (non-hydrogen) atoms. The predicted molar refractivity (Wildman–Crippen MR) is 88.8 cm³/mol. The van der Waals surface area contributed by atoms with Crippen LogP contribution in [0, 0.1) is 5.82 Å². The SMILES string of the molecule is CCOc1ccc(S(=O)(=O)NC[C@](C)(O)c2ccccc2)cc1F. The van der Waals surface area contributed by atoms with Crippen molar-refractivity contribution in [1.29, 1.82) is 0 Å². The Bertz CT molecular complexity index is 791. The van der Waals surface area contributed by atoms with Gasteiger partial charge >= 0.3 is 0 Å². The molecule has 0 fully saturated rings. The molecule has 0 unspecified atom stereocenters. The van der Waals surface area contributed by atoms with Crippen LogP contribution in [0.2, 0.25) is 0 Å². The fraction of sp³-hybridized carbons (Fsp3) is 0.294. The van der Waals surface area contributed by atoms with E-state index in [0.29, 0.717) is 5.56 Å². The van der Waals surface area contributed by atoms with Gasteiger partial charge in [0.15, 0.2) is 11.6 Å². The molecule has 130 valence electrons. The Balaban J connectivity index is 2.15. The van der Waals surface area contributed by atoms with Crippen LogP contribution < -0.4 is 9.46 Å². The van der Waals surface area contributed by atoms with Crippen LogP contribution in [0.3, 0.4) is 0 Å². The summed E-state index contributed by atoms with van der Waals surface area (Å²) in [5.74, 6) is -0.762. The molecule has 7 heteroatoms. The summed E-state index contributed by atoms with van der Waals surface area (Å²) in [5, 5.41) is 10.4. The van der Waals surface area contributed by atoms with Crippen LogP contribution in [0.4, 0.5) is 4.39 Å². The predicted octanol–water partition coefficient (Wildman–Crippen LogP) is 2.41. The Hall–Kier alpha value is -1.96. The summed E-state index contributed by atoms with van der Waals surface area (Å²) in [6, 6.07) is 12.1. The number of nitrogens with one attached hydrogen (secondary N) is 1. The molecule has 5 nitrogen and oxygen atoms in total. The van der Waals surface area contributed by atoms with E-state index in [2.05, 4.69) is 4.72 Å². The Morgan fingerprint density at radius 1 is 1.21 bits per heavy atom. The summed E-state index contributed by atoms with van der Waals surface area (Å²) in [6.45, 7) is 3.25. The van der Waals surface area contributed by atoms with Gasteiger partial charge < -0.3 is 9.84 Å². The maximum atomic E-state index is 13.8. The minimum Gasteiger partial charge on any atom is -0.491 e. The number of benzene rings is 2. The van der Waals surface area contributed by atoms with Crippen LogP contribution in [-0.4, -0.2) is 26.7 Å². The van der Waals surface area contributed by atoms with Gasteiger partial charge in [0.2, 0.25) is 10.0 Å². The molecular formula is C17H20FNO4S. The van der Waals surface area contributed by atoms with Crippen molar-refractivity contribution in [3.63, 3.8) is 0 Å². The van der Waals surface area contributed by atoms with Gasteiger partial charge in [0.05, 0.1) is 11.5 Å². The number of rotatable bonds is 7. The lowest BCUT2D eigenvalue weighted by Gasteiger charge is -2.24. The van der Waals surface area contributed by atoms with Crippen molar-refractivity contribution in [1.82, 2.24) is 4.72 Å². The fourth-order valence-electron chi connectivity index (χ4n) is 2.14. The van der Waals surface area contributed by atoms with Crippen LogP contribution in [-0.2, 0) is 15.6 Å². The number of aliphatic hydroxyl groups is 1. The third-order valence-electron chi connectivity index (χ3n) is 3.52. The van der Waals surface area contributed by atoms with E-state index >= 15 is 0 Å². The summed E-state index contributed by atoms with van der Waals surface area (Å²) in [4.78, 5) is -0.229. The second-order valence-corrected chi connectivity index (χ2v) is 7.26. The van der Waals surface area contributed by atoms with E-state index in [0.717, 1.165) is 6.07 Å². The zero-order valence-corrected chi connectivity index (χ0v) is 14.3. The van der Waals surface area contributed by atoms with Gasteiger partial charge in [0.25, 0.3) is 0 Å². The van der Waals surface area contributed by atoms with Crippen molar-refractivity contribution in [2.24, 2.45) is 0 Å². The van der Waals surface area contributed by atoms with Gasteiger partial charge in [-0.2, -0.15) is 0 Å². The zero-order valence-electron chi connectivity index (χ0n) is 13.5. The van der Waals surface area contributed by atoms with Crippen molar-refractivity contribution < 1.29 is 22.7 Å². The highest BCUT2D eigenvalue weighted by Crippen LogP contribution is 2.23. The molecule has 0 saturated carbocycles. The van der Waals surface area contributed by atoms with E-state index in [1.165, 1.54) is 19.1 Å². The molecule has 0 aliphatic carbocycles. The average molecular weight is 353 g/mol. The minimum absolute atomic E-state index is 0.00673. The Morgan fingerprint density at radius 3 is 2.46 bits per heavy atom. The number of sulfonamides is 1.